The van der Waals surface area contributed by atoms with Gasteiger partial charge in [-0.05, 0) is 26.0 Å². The van der Waals surface area contributed by atoms with Crippen LogP contribution in [0.2, 0.25) is 0 Å². The Bertz CT molecular complexity index is 508. The number of nitrogens with zero attached hydrogens (tertiary/aromatic N) is 3. The number of amides is 1. The van der Waals surface area contributed by atoms with Crippen molar-refractivity contribution in [1.29, 1.82) is 0 Å². The lowest BCUT2D eigenvalue weighted by Gasteiger charge is -2.38. The van der Waals surface area contributed by atoms with Crippen LogP contribution >= 0.6 is 0 Å². The van der Waals surface area contributed by atoms with E-state index < -0.39 is 5.97 Å². The maximum atomic E-state index is 12.2. The lowest BCUT2D eigenvalue weighted by molar-refractivity contribution is -0.142. The van der Waals surface area contributed by atoms with E-state index in [0.29, 0.717) is 31.9 Å². The molecule has 1 N–H and O–H groups in total. The Hall–Kier alpha value is -2.11. The smallest absolute Gasteiger partial charge is 0.310 e. The van der Waals surface area contributed by atoms with Gasteiger partial charge in [-0.3, -0.25) is 14.6 Å². The van der Waals surface area contributed by atoms with Gasteiger partial charge in [-0.2, -0.15) is 0 Å². The summed E-state index contributed by atoms with van der Waals surface area (Å²) in [7, 11) is 0. The van der Waals surface area contributed by atoms with E-state index in [0.717, 1.165) is 5.69 Å². The molecule has 6 nitrogen and oxygen atoms in total. The van der Waals surface area contributed by atoms with Crippen LogP contribution in [-0.2, 0) is 4.79 Å². The van der Waals surface area contributed by atoms with Crippen molar-refractivity contribution >= 4 is 17.6 Å². The van der Waals surface area contributed by atoms with Gasteiger partial charge in [0.1, 0.15) is 5.69 Å². The number of carboxylic acid groups (broad SMARTS) is 1. The van der Waals surface area contributed by atoms with Crippen molar-refractivity contribution in [3.63, 3.8) is 0 Å². The normalized spacial score (nSPS) is 14.8. The minimum absolute atomic E-state index is 0.0906. The molecular weight excluding hydrogens is 258 g/mol. The molecule has 0 radical (unpaired) electrons. The van der Waals surface area contributed by atoms with Gasteiger partial charge in [0.2, 0.25) is 0 Å². The highest BCUT2D eigenvalue weighted by molar-refractivity contribution is 5.93. The molecule has 0 aliphatic carbocycles. The lowest BCUT2D eigenvalue weighted by atomic mass is 9.99. The Morgan fingerprint density at radius 2 is 2.05 bits per heavy atom. The van der Waals surface area contributed by atoms with Crippen molar-refractivity contribution in [1.82, 2.24) is 9.88 Å². The molecule has 2 heterocycles. The second-order valence-electron chi connectivity index (χ2n) is 4.82. The molecule has 0 aromatic carbocycles. The van der Waals surface area contributed by atoms with Crippen molar-refractivity contribution in [2.45, 2.75) is 13.8 Å². The molecule has 0 atom stereocenters. The van der Waals surface area contributed by atoms with Crippen LogP contribution in [0.15, 0.2) is 18.3 Å². The van der Waals surface area contributed by atoms with Crippen LogP contribution in [0.4, 0.5) is 5.69 Å². The maximum absolute atomic E-state index is 12.2. The molecule has 1 aromatic heterocycles. The molecule has 1 fully saturated rings. The highest BCUT2D eigenvalue weighted by Crippen LogP contribution is 2.25. The van der Waals surface area contributed by atoms with E-state index >= 15 is 0 Å². The van der Waals surface area contributed by atoms with Crippen LogP contribution in [0.3, 0.4) is 0 Å². The van der Waals surface area contributed by atoms with Gasteiger partial charge in [0.15, 0.2) is 0 Å². The second kappa shape index (κ2) is 5.90. The molecule has 1 aromatic rings. The summed E-state index contributed by atoms with van der Waals surface area (Å²) in [6.45, 7) is 6.12. The fourth-order valence-corrected chi connectivity index (χ4v) is 2.25. The number of aromatic nitrogens is 1. The number of anilines is 1. The van der Waals surface area contributed by atoms with Gasteiger partial charge in [0.05, 0.1) is 5.92 Å². The predicted molar refractivity (Wildman–Crippen MR) is 74.8 cm³/mol. The van der Waals surface area contributed by atoms with Gasteiger partial charge >= 0.3 is 5.97 Å². The maximum Gasteiger partial charge on any atom is 0.310 e. The summed E-state index contributed by atoms with van der Waals surface area (Å²) in [5.41, 5.74) is 1.26. The van der Waals surface area contributed by atoms with Gasteiger partial charge in [0.25, 0.3) is 5.91 Å². The Morgan fingerprint density at radius 3 is 2.60 bits per heavy atom. The van der Waals surface area contributed by atoms with Crippen LogP contribution in [-0.4, -0.2) is 53.0 Å². The third-order valence-electron chi connectivity index (χ3n) is 3.61. The van der Waals surface area contributed by atoms with Crippen molar-refractivity contribution in [3.05, 3.63) is 24.0 Å². The average molecular weight is 277 g/mol. The first-order valence-electron chi connectivity index (χ1n) is 6.79. The highest BCUT2D eigenvalue weighted by Gasteiger charge is 2.32. The molecular formula is C14H19N3O3. The summed E-state index contributed by atoms with van der Waals surface area (Å²) < 4.78 is 0. The van der Waals surface area contributed by atoms with E-state index in [9.17, 15) is 9.59 Å². The summed E-state index contributed by atoms with van der Waals surface area (Å²) in [5, 5.41) is 8.88. The average Bonchev–Trinajstić information content (AvgIpc) is 2.38. The third kappa shape index (κ3) is 2.74. The third-order valence-corrected chi connectivity index (χ3v) is 3.61. The first kappa shape index (κ1) is 14.3. The summed E-state index contributed by atoms with van der Waals surface area (Å²) in [4.78, 5) is 30.8. The summed E-state index contributed by atoms with van der Waals surface area (Å²) >= 11 is 0. The molecule has 1 saturated heterocycles. The number of pyridine rings is 1. The molecule has 1 amide bonds. The number of hydrogen-bond acceptors (Lipinski definition) is 4. The van der Waals surface area contributed by atoms with Gasteiger partial charge in [-0.1, -0.05) is 0 Å². The van der Waals surface area contributed by atoms with Crippen LogP contribution in [0.5, 0.6) is 0 Å². The number of rotatable bonds is 5. The molecule has 1 aliphatic heterocycles. The zero-order chi connectivity index (χ0) is 14.7. The van der Waals surface area contributed by atoms with E-state index in [4.69, 9.17) is 5.11 Å². The van der Waals surface area contributed by atoms with Gasteiger partial charge in [0, 0.05) is 38.1 Å². The predicted octanol–water partition coefficient (Wildman–Crippen LogP) is 1.08. The summed E-state index contributed by atoms with van der Waals surface area (Å²) in [6, 6.07) is 3.54. The quantitative estimate of drug-likeness (QED) is 0.872. The molecule has 108 valence electrons. The van der Waals surface area contributed by atoms with E-state index in [1.165, 1.54) is 0 Å². The largest absolute Gasteiger partial charge is 0.481 e. The first-order chi connectivity index (χ1) is 9.56. The zero-order valence-corrected chi connectivity index (χ0v) is 11.7. The molecule has 0 unspecified atom stereocenters. The van der Waals surface area contributed by atoms with Crippen molar-refractivity contribution in [2.24, 2.45) is 5.92 Å². The van der Waals surface area contributed by atoms with E-state index in [1.807, 2.05) is 18.7 Å². The fourth-order valence-electron chi connectivity index (χ4n) is 2.25. The monoisotopic (exact) mass is 277 g/mol. The molecule has 0 spiro atoms. The minimum atomic E-state index is -0.769. The number of carboxylic acids is 1. The first-order valence-corrected chi connectivity index (χ1v) is 6.79. The number of aliphatic carboxylic acids is 1. The molecule has 1 aliphatic rings. The van der Waals surface area contributed by atoms with Gasteiger partial charge in [-0.25, -0.2) is 0 Å². The summed E-state index contributed by atoms with van der Waals surface area (Å²) in [5.74, 6) is -1.17. The van der Waals surface area contributed by atoms with Crippen molar-refractivity contribution < 1.29 is 14.7 Å². The Kier molecular flexibility index (Phi) is 4.22. The van der Waals surface area contributed by atoms with E-state index in [-0.39, 0.29) is 11.8 Å². The van der Waals surface area contributed by atoms with E-state index in [1.54, 1.807) is 23.2 Å². The van der Waals surface area contributed by atoms with Crippen LogP contribution in [0.25, 0.3) is 0 Å². The Labute approximate surface area is 118 Å². The lowest BCUT2D eigenvalue weighted by Crippen LogP contribution is -2.50. The molecule has 0 bridgehead atoms. The zero-order valence-electron chi connectivity index (χ0n) is 11.7. The SMILES string of the molecule is CCN(CC)C(=O)c1cc(N2CC(C(=O)O)C2)ccn1. The van der Waals surface area contributed by atoms with Crippen LogP contribution in [0, 0.1) is 5.92 Å². The number of carbonyl (C=O) groups excluding carboxylic acids is 1. The molecule has 6 heteroatoms. The fraction of sp³-hybridized carbons (Fsp3) is 0.500. The molecule has 20 heavy (non-hydrogen) atoms. The van der Waals surface area contributed by atoms with Crippen LogP contribution < -0.4 is 4.90 Å². The second-order valence-corrected chi connectivity index (χ2v) is 4.82. The topological polar surface area (TPSA) is 73.7 Å². The Balaban J connectivity index is 2.09. The van der Waals surface area contributed by atoms with Crippen molar-refractivity contribution in [2.75, 3.05) is 31.1 Å². The molecule has 2 rings (SSSR count). The minimum Gasteiger partial charge on any atom is -0.481 e. The van der Waals surface area contributed by atoms with Gasteiger partial charge in [-0.15, -0.1) is 0 Å². The Morgan fingerprint density at radius 1 is 1.40 bits per heavy atom. The standard InChI is InChI=1S/C14H19N3O3/c1-3-16(4-2)13(18)12-7-11(5-6-15-12)17-8-10(9-17)14(19)20/h5-7,10H,3-4,8-9H2,1-2H3,(H,19,20). The summed E-state index contributed by atoms with van der Waals surface area (Å²) in [6.07, 6.45) is 1.60. The number of carbonyl (C=O) groups is 2. The van der Waals surface area contributed by atoms with Crippen molar-refractivity contribution in [3.8, 4) is 0 Å². The molecule has 0 saturated carbocycles. The van der Waals surface area contributed by atoms with Crippen LogP contribution in [0.1, 0.15) is 24.3 Å². The number of hydrogen-bond donors (Lipinski definition) is 1. The van der Waals surface area contributed by atoms with E-state index in [2.05, 4.69) is 4.98 Å². The van der Waals surface area contributed by atoms with Gasteiger partial charge < -0.3 is 14.9 Å². The highest BCUT2D eigenvalue weighted by atomic mass is 16.4.